The molecule has 1 saturated carbocycles. The van der Waals surface area contributed by atoms with Crippen molar-refractivity contribution in [1.82, 2.24) is 20.4 Å². The van der Waals surface area contributed by atoms with Crippen molar-refractivity contribution in [1.29, 1.82) is 0 Å². The molecular formula is C76H178N4O6. The van der Waals surface area contributed by atoms with E-state index in [9.17, 15) is 9.59 Å². The van der Waals surface area contributed by atoms with Crippen molar-refractivity contribution in [3.05, 3.63) is 61.2 Å². The highest BCUT2D eigenvalue weighted by molar-refractivity contribution is 5.87. The number of nitrogens with one attached hydrogen (secondary N) is 2. The highest BCUT2D eigenvalue weighted by Crippen LogP contribution is 2.21. The third-order valence-electron chi connectivity index (χ3n) is 8.51. The molecule has 538 valence electrons. The Hall–Kier alpha value is -2.60. The molecule has 0 aromatic heterocycles. The summed E-state index contributed by atoms with van der Waals surface area (Å²) in [7, 11) is 0. The summed E-state index contributed by atoms with van der Waals surface area (Å²) < 4.78 is 21.1. The smallest absolute Gasteiger partial charge is 0.243 e. The summed E-state index contributed by atoms with van der Waals surface area (Å²) in [5.74, 6) is -0.200. The van der Waals surface area contributed by atoms with Crippen LogP contribution in [0.3, 0.4) is 0 Å². The number of hydrogen-bond acceptors (Lipinski definition) is 8. The Kier molecular flexibility index (Phi) is 295. The van der Waals surface area contributed by atoms with E-state index in [1.165, 1.54) is 108 Å². The molecule has 0 unspecified atom stereocenters. The van der Waals surface area contributed by atoms with Gasteiger partial charge in [-0.15, -0.1) is 0 Å². The van der Waals surface area contributed by atoms with Gasteiger partial charge >= 0.3 is 0 Å². The Morgan fingerprint density at radius 2 is 0.779 bits per heavy atom. The van der Waals surface area contributed by atoms with Crippen molar-refractivity contribution in [3.63, 3.8) is 0 Å². The van der Waals surface area contributed by atoms with Crippen molar-refractivity contribution in [2.45, 2.75) is 340 Å². The largest absolute Gasteiger partial charge is 0.380 e. The molecule has 3 fully saturated rings. The van der Waals surface area contributed by atoms with Crippen LogP contribution < -0.4 is 10.6 Å². The second kappa shape index (κ2) is 191. The third-order valence-corrected chi connectivity index (χ3v) is 8.51. The van der Waals surface area contributed by atoms with Crippen LogP contribution in [0.4, 0.5) is 0 Å². The van der Waals surface area contributed by atoms with E-state index in [0.717, 1.165) is 45.9 Å². The second-order valence-electron chi connectivity index (χ2n) is 12.9. The first kappa shape index (κ1) is 132. The molecule has 2 aliphatic heterocycles. The maximum atomic E-state index is 10.3. The monoisotopic (exact) mass is 1240 g/mol. The zero-order valence-electron chi connectivity index (χ0n) is 67.6. The van der Waals surface area contributed by atoms with Crippen LogP contribution in [0.1, 0.15) is 333 Å². The molecule has 1 aromatic carbocycles. The Labute approximate surface area is 551 Å². The summed E-state index contributed by atoms with van der Waals surface area (Å²) in [6.07, 6.45) is 16.6. The normalized spacial score (nSPS) is 10.6. The number of carbonyl (C=O) groups is 2. The molecule has 86 heavy (non-hydrogen) atoms. The average molecular weight is 1240 g/mol. The number of nitrogens with zero attached hydrogens (tertiary/aromatic N) is 2. The molecule has 0 radical (unpaired) electrons. The van der Waals surface area contributed by atoms with Gasteiger partial charge in [-0.1, -0.05) is 292 Å². The van der Waals surface area contributed by atoms with Crippen molar-refractivity contribution < 1.29 is 28.5 Å². The fourth-order valence-corrected chi connectivity index (χ4v) is 5.16. The molecular weight excluding hydrogens is 1060 g/mol. The summed E-state index contributed by atoms with van der Waals surface area (Å²) >= 11 is 0. The van der Waals surface area contributed by atoms with E-state index in [2.05, 4.69) is 66.5 Å². The number of likely N-dealkylation sites (tertiary alicyclic amines) is 2. The summed E-state index contributed by atoms with van der Waals surface area (Å²) in [5, 5.41) is 5.16. The third kappa shape index (κ3) is 171. The van der Waals surface area contributed by atoms with Crippen LogP contribution in [-0.2, 0) is 35.1 Å². The van der Waals surface area contributed by atoms with Gasteiger partial charge in [0.1, 0.15) is 0 Å². The molecule has 0 spiro atoms. The lowest BCUT2D eigenvalue weighted by Gasteiger charge is -2.25. The Morgan fingerprint density at radius 3 is 1.03 bits per heavy atom. The van der Waals surface area contributed by atoms with Gasteiger partial charge < -0.3 is 39.4 Å². The lowest BCUT2D eigenvalue weighted by atomic mass is 9.96. The van der Waals surface area contributed by atoms with Gasteiger partial charge in [0.25, 0.3) is 0 Å². The number of likely N-dealkylation sites (N-methyl/N-ethyl adjacent to an activating group) is 1. The van der Waals surface area contributed by atoms with E-state index in [-0.39, 0.29) is 11.8 Å². The summed E-state index contributed by atoms with van der Waals surface area (Å²) in [6, 6.07) is 10.1. The molecule has 2 N–H and O–H groups in total. The summed E-state index contributed by atoms with van der Waals surface area (Å²) in [6.45, 7) is 97.3. The van der Waals surface area contributed by atoms with E-state index in [1.807, 2.05) is 261 Å². The van der Waals surface area contributed by atoms with Gasteiger partial charge in [0.05, 0.1) is 32.5 Å². The molecule has 1 aliphatic carbocycles. The number of piperidine rings is 2. The van der Waals surface area contributed by atoms with Crippen molar-refractivity contribution in [2.75, 3.05) is 92.0 Å². The average Bonchev–Trinajstić information content (AvgIpc) is 3.63. The minimum absolute atomic E-state index is 0.0909. The molecule has 0 bridgehead atoms. The quantitative estimate of drug-likeness (QED) is 0.111. The van der Waals surface area contributed by atoms with E-state index in [0.29, 0.717) is 32.5 Å². The topological polar surface area (TPSA) is 102 Å². The van der Waals surface area contributed by atoms with Crippen LogP contribution in [0.5, 0.6) is 0 Å². The SMILES string of the molecule is C=CC(=O)NCC.C=CC(=O)NCCC.CC.CC.CC.CC.CC.CC.CC.CC.CC.CC.CC.CC.CC.CC.CC.CC.CCN1CCCCC1.CCOC1CCC1.CCOCCN1CCCCC1.CCOCCOCc1ccccc1. The van der Waals surface area contributed by atoms with Crippen LogP contribution in [-0.4, -0.2) is 120 Å². The molecule has 10 heteroatoms. The standard InChI is InChI=1S/C11H16O2.C9H19NO.C7H15N.C6H11NO.C6H12O.C5H9NO.16C2H6/c1-2-12-8-9-13-10-11-6-4-3-5-7-11;1-2-11-9-8-10-6-4-3-5-7-10;1-2-8-6-4-3-5-7-8;1-3-5-7-6(8)4-2;1-2-7-6-4-3-5-6;1-3-5(7)6-4-2;16*1-2/h3-7H,2,8-10H2,1H3;2-9H2,1H3;2-7H2,1H3;4H,2-3,5H2,1H3,(H,7,8);6H,2-5H2,1H3;3H,1,4H2,2H3,(H,6,7);16*1-2H3. The maximum Gasteiger partial charge on any atom is 0.243 e. The van der Waals surface area contributed by atoms with Crippen LogP contribution in [0, 0.1) is 0 Å². The number of ether oxygens (including phenoxy) is 4. The van der Waals surface area contributed by atoms with E-state index in [1.54, 1.807) is 0 Å². The highest BCUT2D eigenvalue weighted by Gasteiger charge is 2.16. The number of amides is 2. The van der Waals surface area contributed by atoms with Crippen molar-refractivity contribution in [2.24, 2.45) is 0 Å². The Morgan fingerprint density at radius 1 is 0.442 bits per heavy atom. The molecule has 4 rings (SSSR count). The van der Waals surface area contributed by atoms with Gasteiger partial charge in [0.2, 0.25) is 11.8 Å². The zero-order chi connectivity index (χ0) is 72.3. The lowest BCUT2D eigenvalue weighted by Crippen LogP contribution is -2.32. The van der Waals surface area contributed by atoms with Gasteiger partial charge in [-0.05, 0) is 130 Å². The highest BCUT2D eigenvalue weighted by atomic mass is 16.5. The first-order valence-electron chi connectivity index (χ1n) is 37.0. The van der Waals surface area contributed by atoms with Gasteiger partial charge in [-0.2, -0.15) is 0 Å². The van der Waals surface area contributed by atoms with Crippen LogP contribution >= 0.6 is 0 Å². The molecule has 2 heterocycles. The fraction of sp³-hybridized carbons (Fsp3) is 0.842. The predicted octanol–water partition coefficient (Wildman–Crippen LogP) is 24.2. The molecule has 0 atom stereocenters. The fourth-order valence-electron chi connectivity index (χ4n) is 5.16. The minimum atomic E-state index is -0.109. The van der Waals surface area contributed by atoms with Crippen molar-refractivity contribution >= 4 is 11.8 Å². The summed E-state index contributed by atoms with van der Waals surface area (Å²) in [4.78, 5) is 25.5. The van der Waals surface area contributed by atoms with E-state index in [4.69, 9.17) is 18.9 Å². The van der Waals surface area contributed by atoms with Gasteiger partial charge in [-0.25, -0.2) is 0 Å². The number of rotatable bonds is 18. The zero-order valence-corrected chi connectivity index (χ0v) is 67.6. The molecule has 2 amide bonds. The van der Waals surface area contributed by atoms with Gasteiger partial charge in [0.15, 0.2) is 0 Å². The molecule has 1 aromatic rings. The van der Waals surface area contributed by atoms with E-state index < -0.39 is 0 Å². The maximum absolute atomic E-state index is 10.3. The van der Waals surface area contributed by atoms with Gasteiger partial charge in [0, 0.05) is 39.5 Å². The molecule has 3 aliphatic rings. The first-order chi connectivity index (χ1) is 42.3. The Balaban J connectivity index is -0.0000000371. The molecule has 10 nitrogen and oxygen atoms in total. The number of carbonyl (C=O) groups excluding carboxylic acids is 2. The first-order valence-corrected chi connectivity index (χ1v) is 37.0. The minimum Gasteiger partial charge on any atom is -0.380 e. The van der Waals surface area contributed by atoms with Crippen LogP contribution in [0.15, 0.2) is 55.6 Å². The number of benzene rings is 1. The lowest BCUT2D eigenvalue weighted by molar-refractivity contribution is -0.117. The Bertz CT molecular complexity index is 959. The predicted molar refractivity (Wildman–Crippen MR) is 409 cm³/mol. The summed E-state index contributed by atoms with van der Waals surface area (Å²) in [5.41, 5.74) is 1.21. The van der Waals surface area contributed by atoms with Crippen LogP contribution in [0.2, 0.25) is 0 Å². The van der Waals surface area contributed by atoms with Crippen molar-refractivity contribution in [3.8, 4) is 0 Å². The van der Waals surface area contributed by atoms with Gasteiger partial charge in [-0.3, -0.25) is 9.59 Å². The molecule has 2 saturated heterocycles. The van der Waals surface area contributed by atoms with Crippen LogP contribution in [0.25, 0.3) is 0 Å². The van der Waals surface area contributed by atoms with E-state index >= 15 is 0 Å². The second-order valence-corrected chi connectivity index (χ2v) is 12.9. The number of hydrogen-bond donors (Lipinski definition) is 2.